The van der Waals surface area contributed by atoms with Gasteiger partial charge in [0.05, 0.1) is 33.4 Å². The average molecular weight is 266 g/mol. The fourth-order valence-electron chi connectivity index (χ4n) is 2.06. The Balaban J connectivity index is 2.09. The maximum Gasteiger partial charge on any atom is 0.308 e. The molecule has 1 aromatic carbocycles. The van der Waals surface area contributed by atoms with Crippen molar-refractivity contribution in [3.05, 3.63) is 29.8 Å². The highest BCUT2D eigenvalue weighted by Gasteiger charge is 2.39. The third kappa shape index (κ3) is 3.05. The van der Waals surface area contributed by atoms with Crippen LogP contribution in [-0.4, -0.2) is 32.9 Å². The summed E-state index contributed by atoms with van der Waals surface area (Å²) >= 11 is 0. The lowest BCUT2D eigenvalue weighted by Gasteiger charge is -2.24. The number of ether oxygens (including phenoxy) is 4. The minimum Gasteiger partial charge on any atom is -0.497 e. The molecule has 2 atom stereocenters. The van der Waals surface area contributed by atoms with E-state index >= 15 is 0 Å². The normalized spacial score (nSPS) is 26.2. The lowest BCUT2D eigenvalue weighted by atomic mass is 10.1. The Bertz CT molecular complexity index is 459. The molecule has 1 aliphatic heterocycles. The molecule has 0 N–H and O–H groups in total. The van der Waals surface area contributed by atoms with Crippen molar-refractivity contribution in [2.45, 2.75) is 25.2 Å². The highest BCUT2D eigenvalue weighted by Crippen LogP contribution is 2.36. The van der Waals surface area contributed by atoms with Crippen molar-refractivity contribution in [1.29, 1.82) is 0 Å². The zero-order chi connectivity index (χ0) is 13.9. The SMILES string of the molecule is COC(=O)CC1COC(C)(c2cccc(OC)c2)O1. The molecule has 0 aliphatic carbocycles. The molecule has 0 amide bonds. The van der Waals surface area contributed by atoms with Crippen molar-refractivity contribution in [3.8, 4) is 5.75 Å². The molecule has 0 spiro atoms. The Morgan fingerprint density at radius 1 is 1.47 bits per heavy atom. The molecule has 1 aliphatic rings. The van der Waals surface area contributed by atoms with Gasteiger partial charge in [0.25, 0.3) is 0 Å². The summed E-state index contributed by atoms with van der Waals surface area (Å²) < 4.78 is 21.3. The first-order valence-electron chi connectivity index (χ1n) is 6.10. The van der Waals surface area contributed by atoms with Gasteiger partial charge < -0.3 is 18.9 Å². The first-order valence-corrected chi connectivity index (χ1v) is 6.10. The predicted molar refractivity (Wildman–Crippen MR) is 67.8 cm³/mol. The summed E-state index contributed by atoms with van der Waals surface area (Å²) in [6, 6.07) is 7.50. The third-order valence-electron chi connectivity index (χ3n) is 3.15. The van der Waals surface area contributed by atoms with Crippen LogP contribution in [0, 0.1) is 0 Å². The molecule has 2 unspecified atom stereocenters. The maximum atomic E-state index is 11.2. The molecule has 0 aromatic heterocycles. The number of carbonyl (C=O) groups excluding carboxylic acids is 1. The number of methoxy groups -OCH3 is 2. The van der Waals surface area contributed by atoms with Crippen molar-refractivity contribution in [1.82, 2.24) is 0 Å². The fourth-order valence-corrected chi connectivity index (χ4v) is 2.06. The standard InChI is InChI=1S/C14H18O5/c1-14(10-5-4-6-11(7-10)16-2)18-9-12(19-14)8-13(15)17-3/h4-7,12H,8-9H2,1-3H3. The van der Waals surface area contributed by atoms with Gasteiger partial charge >= 0.3 is 5.97 Å². The van der Waals surface area contributed by atoms with Gasteiger partial charge in [-0.1, -0.05) is 12.1 Å². The zero-order valence-corrected chi connectivity index (χ0v) is 11.3. The van der Waals surface area contributed by atoms with Gasteiger partial charge in [0.15, 0.2) is 5.79 Å². The quantitative estimate of drug-likeness (QED) is 0.778. The van der Waals surface area contributed by atoms with Gasteiger partial charge in [0.2, 0.25) is 0 Å². The van der Waals surface area contributed by atoms with Crippen LogP contribution in [0.2, 0.25) is 0 Å². The van der Waals surface area contributed by atoms with Crippen LogP contribution in [0.4, 0.5) is 0 Å². The first kappa shape index (κ1) is 13.8. The summed E-state index contributed by atoms with van der Waals surface area (Å²) in [5.74, 6) is -0.418. The summed E-state index contributed by atoms with van der Waals surface area (Å²) in [7, 11) is 2.97. The second-order valence-corrected chi connectivity index (χ2v) is 4.51. The molecule has 1 saturated heterocycles. The minimum absolute atomic E-state index is 0.191. The molecule has 1 fully saturated rings. The van der Waals surface area contributed by atoms with E-state index in [0.717, 1.165) is 11.3 Å². The maximum absolute atomic E-state index is 11.2. The summed E-state index contributed by atoms with van der Waals surface area (Å²) in [6.45, 7) is 2.20. The Hall–Kier alpha value is -1.59. The molecule has 104 valence electrons. The molecular formula is C14H18O5. The summed E-state index contributed by atoms with van der Waals surface area (Å²) in [6.07, 6.45) is -0.0978. The van der Waals surface area contributed by atoms with Crippen molar-refractivity contribution >= 4 is 5.97 Å². The van der Waals surface area contributed by atoms with Gasteiger partial charge in [-0.3, -0.25) is 4.79 Å². The van der Waals surface area contributed by atoms with Crippen molar-refractivity contribution < 1.29 is 23.7 Å². The third-order valence-corrected chi connectivity index (χ3v) is 3.15. The molecular weight excluding hydrogens is 248 g/mol. The van der Waals surface area contributed by atoms with Crippen LogP contribution in [0.15, 0.2) is 24.3 Å². The molecule has 1 heterocycles. The van der Waals surface area contributed by atoms with E-state index in [4.69, 9.17) is 14.2 Å². The lowest BCUT2D eigenvalue weighted by Crippen LogP contribution is -2.25. The van der Waals surface area contributed by atoms with E-state index in [1.807, 2.05) is 31.2 Å². The van der Waals surface area contributed by atoms with Crippen LogP contribution in [0.5, 0.6) is 5.75 Å². The highest BCUT2D eigenvalue weighted by atomic mass is 16.7. The number of hydrogen-bond donors (Lipinski definition) is 0. The number of rotatable bonds is 4. The molecule has 0 saturated carbocycles. The number of hydrogen-bond acceptors (Lipinski definition) is 5. The summed E-state index contributed by atoms with van der Waals surface area (Å²) in [4.78, 5) is 11.2. The first-order chi connectivity index (χ1) is 9.07. The van der Waals surface area contributed by atoms with Crippen LogP contribution in [-0.2, 0) is 24.8 Å². The van der Waals surface area contributed by atoms with Crippen molar-refractivity contribution in [3.63, 3.8) is 0 Å². The topological polar surface area (TPSA) is 54.0 Å². The molecule has 0 radical (unpaired) electrons. The highest BCUT2D eigenvalue weighted by molar-refractivity contribution is 5.69. The van der Waals surface area contributed by atoms with E-state index in [1.54, 1.807) is 7.11 Å². The van der Waals surface area contributed by atoms with Gasteiger partial charge in [-0.25, -0.2) is 0 Å². The van der Waals surface area contributed by atoms with Crippen LogP contribution >= 0.6 is 0 Å². The smallest absolute Gasteiger partial charge is 0.308 e. The number of carbonyl (C=O) groups is 1. The molecule has 5 heteroatoms. The van der Waals surface area contributed by atoms with Crippen LogP contribution in [0.1, 0.15) is 18.9 Å². The number of benzene rings is 1. The molecule has 2 rings (SSSR count). The van der Waals surface area contributed by atoms with Crippen LogP contribution < -0.4 is 4.74 Å². The van der Waals surface area contributed by atoms with Gasteiger partial charge in [0, 0.05) is 5.56 Å². The summed E-state index contributed by atoms with van der Waals surface area (Å²) in [5, 5.41) is 0. The average Bonchev–Trinajstić information content (AvgIpc) is 2.81. The van der Waals surface area contributed by atoms with Gasteiger partial charge in [-0.05, 0) is 19.1 Å². The van der Waals surface area contributed by atoms with Crippen LogP contribution in [0.3, 0.4) is 0 Å². The van der Waals surface area contributed by atoms with E-state index < -0.39 is 5.79 Å². The van der Waals surface area contributed by atoms with Crippen LogP contribution in [0.25, 0.3) is 0 Å². The Kier molecular flexibility index (Phi) is 4.07. The molecule has 5 nitrogen and oxygen atoms in total. The van der Waals surface area contributed by atoms with Gasteiger partial charge in [0.1, 0.15) is 5.75 Å². The van der Waals surface area contributed by atoms with E-state index in [9.17, 15) is 4.79 Å². The molecule has 19 heavy (non-hydrogen) atoms. The molecule has 0 bridgehead atoms. The summed E-state index contributed by atoms with van der Waals surface area (Å²) in [5.41, 5.74) is 0.860. The fraction of sp³-hybridized carbons (Fsp3) is 0.500. The van der Waals surface area contributed by atoms with E-state index in [-0.39, 0.29) is 18.5 Å². The second-order valence-electron chi connectivity index (χ2n) is 4.51. The zero-order valence-electron chi connectivity index (χ0n) is 11.3. The van der Waals surface area contributed by atoms with Crippen molar-refractivity contribution in [2.75, 3.05) is 20.8 Å². The minimum atomic E-state index is -0.854. The Morgan fingerprint density at radius 3 is 2.95 bits per heavy atom. The predicted octanol–water partition coefficient (Wildman–Crippen LogP) is 1.85. The van der Waals surface area contributed by atoms with E-state index in [2.05, 4.69) is 4.74 Å². The Morgan fingerprint density at radius 2 is 2.26 bits per heavy atom. The largest absolute Gasteiger partial charge is 0.497 e. The lowest BCUT2D eigenvalue weighted by molar-refractivity contribution is -0.166. The van der Waals surface area contributed by atoms with Crippen molar-refractivity contribution in [2.24, 2.45) is 0 Å². The van der Waals surface area contributed by atoms with Gasteiger partial charge in [-0.2, -0.15) is 0 Å². The Labute approximate surface area is 112 Å². The number of esters is 1. The van der Waals surface area contributed by atoms with E-state index in [1.165, 1.54) is 7.11 Å². The van der Waals surface area contributed by atoms with E-state index in [0.29, 0.717) is 6.61 Å². The monoisotopic (exact) mass is 266 g/mol. The molecule has 1 aromatic rings. The van der Waals surface area contributed by atoms with Gasteiger partial charge in [-0.15, -0.1) is 0 Å². The second kappa shape index (κ2) is 5.59.